The first kappa shape index (κ1) is 26.9. The predicted molar refractivity (Wildman–Crippen MR) is 135 cm³/mol. The van der Waals surface area contributed by atoms with Crippen LogP contribution in [0.5, 0.6) is 0 Å². The summed E-state index contributed by atoms with van der Waals surface area (Å²) in [6.45, 7) is 1.39. The van der Waals surface area contributed by atoms with Gasteiger partial charge in [0, 0.05) is 37.9 Å². The van der Waals surface area contributed by atoms with Crippen LogP contribution in [0.3, 0.4) is 0 Å². The summed E-state index contributed by atoms with van der Waals surface area (Å²) in [5, 5.41) is 8.29. The summed E-state index contributed by atoms with van der Waals surface area (Å²) >= 11 is 5.16. The van der Waals surface area contributed by atoms with Gasteiger partial charge in [-0.25, -0.2) is 0 Å². The molecule has 0 heterocycles. The number of hydrogen-bond donors (Lipinski definition) is 3. The lowest BCUT2D eigenvalue weighted by molar-refractivity contribution is -0.145. The Morgan fingerprint density at radius 3 is 2.50 bits per heavy atom. The molecule has 0 aliphatic rings. The Morgan fingerprint density at radius 2 is 1.74 bits per heavy atom. The molecule has 8 nitrogen and oxygen atoms in total. The Labute approximate surface area is 205 Å². The monoisotopic (exact) mass is 485 g/mol. The number of rotatable bonds is 13. The predicted octanol–water partition coefficient (Wildman–Crippen LogP) is 3.22. The van der Waals surface area contributed by atoms with Gasteiger partial charge in [-0.2, -0.15) is 0 Å². The first-order valence-corrected chi connectivity index (χ1v) is 11.6. The highest BCUT2D eigenvalue weighted by Gasteiger charge is 2.11. The zero-order valence-corrected chi connectivity index (χ0v) is 20.1. The molecule has 0 aliphatic heterocycles. The molecule has 0 bridgehead atoms. The van der Waals surface area contributed by atoms with E-state index < -0.39 is 11.9 Å². The fourth-order valence-electron chi connectivity index (χ4n) is 3.00. The molecule has 2 aromatic rings. The summed E-state index contributed by atoms with van der Waals surface area (Å²) in [5.74, 6) is -1.03. The van der Waals surface area contributed by atoms with Gasteiger partial charge in [-0.1, -0.05) is 36.4 Å². The quantitative estimate of drug-likeness (QED) is 0.227. The van der Waals surface area contributed by atoms with Crippen LogP contribution in [0.2, 0.25) is 0 Å². The van der Waals surface area contributed by atoms with Crippen molar-refractivity contribution in [2.75, 3.05) is 32.2 Å². The molecular formula is C25H31N3O5S. The van der Waals surface area contributed by atoms with Crippen molar-refractivity contribution in [3.63, 3.8) is 0 Å². The maximum absolute atomic E-state index is 12.2. The van der Waals surface area contributed by atoms with E-state index in [1.807, 2.05) is 30.3 Å². The Hall–Kier alpha value is -3.30. The zero-order chi connectivity index (χ0) is 24.6. The first-order valence-electron chi connectivity index (χ1n) is 11.2. The molecule has 2 aromatic carbocycles. The molecule has 2 amide bonds. The minimum atomic E-state index is -0.425. The molecule has 9 heteroatoms. The Bertz CT molecular complexity index is 953. The number of methoxy groups -OCH3 is 1. The summed E-state index contributed by atoms with van der Waals surface area (Å²) in [4.78, 5) is 36.2. The highest BCUT2D eigenvalue weighted by molar-refractivity contribution is 7.80. The van der Waals surface area contributed by atoms with Crippen molar-refractivity contribution in [1.82, 2.24) is 10.6 Å². The second-order valence-corrected chi connectivity index (χ2v) is 7.90. The SMILES string of the molecule is COCCCNC(=O)c1cccc(NC(=S)NC(=O)CCC(=O)OCCCc2ccccc2)c1. The number of ether oxygens (including phenoxy) is 2. The van der Waals surface area contributed by atoms with Crippen LogP contribution in [0.1, 0.15) is 41.6 Å². The molecule has 3 N–H and O–H groups in total. The minimum Gasteiger partial charge on any atom is -0.466 e. The summed E-state index contributed by atoms with van der Waals surface area (Å²) < 4.78 is 10.1. The molecule has 0 saturated heterocycles. The Balaban J connectivity index is 1.65. The van der Waals surface area contributed by atoms with E-state index in [0.29, 0.717) is 31.0 Å². The van der Waals surface area contributed by atoms with Crippen molar-refractivity contribution in [3.8, 4) is 0 Å². The molecule has 0 aromatic heterocycles. The number of carbonyl (C=O) groups excluding carboxylic acids is 3. The van der Waals surface area contributed by atoms with Gasteiger partial charge >= 0.3 is 5.97 Å². The molecule has 0 aliphatic carbocycles. The van der Waals surface area contributed by atoms with E-state index >= 15 is 0 Å². The number of amides is 2. The van der Waals surface area contributed by atoms with Gasteiger partial charge in [0.1, 0.15) is 0 Å². The van der Waals surface area contributed by atoms with Crippen LogP contribution < -0.4 is 16.0 Å². The van der Waals surface area contributed by atoms with E-state index in [0.717, 1.165) is 19.3 Å². The highest BCUT2D eigenvalue weighted by atomic mass is 32.1. The standard InChI is InChI=1S/C25H31N3O5S/c1-32-16-7-15-26-24(31)20-11-5-12-21(18-20)27-25(34)28-22(29)13-14-23(30)33-17-6-10-19-8-3-2-4-9-19/h2-5,8-9,11-12,18H,6-7,10,13-17H2,1H3,(H,26,31)(H2,27,28,29,34). The van der Waals surface area contributed by atoms with Gasteiger partial charge in [-0.05, 0) is 55.2 Å². The lowest BCUT2D eigenvalue weighted by Gasteiger charge is -2.11. The smallest absolute Gasteiger partial charge is 0.306 e. The second kappa shape index (κ2) is 15.5. The Morgan fingerprint density at radius 1 is 0.941 bits per heavy atom. The van der Waals surface area contributed by atoms with Gasteiger partial charge in [0.25, 0.3) is 5.91 Å². The molecule has 0 radical (unpaired) electrons. The number of thiocarbonyl (C=S) groups is 1. The highest BCUT2D eigenvalue weighted by Crippen LogP contribution is 2.11. The normalized spacial score (nSPS) is 10.3. The third-order valence-electron chi connectivity index (χ3n) is 4.72. The van der Waals surface area contributed by atoms with E-state index in [4.69, 9.17) is 21.7 Å². The van der Waals surface area contributed by atoms with Gasteiger partial charge < -0.3 is 25.4 Å². The molecule has 34 heavy (non-hydrogen) atoms. The molecule has 2 rings (SSSR count). The minimum absolute atomic E-state index is 0.0293. The molecular weight excluding hydrogens is 454 g/mol. The second-order valence-electron chi connectivity index (χ2n) is 7.49. The average molecular weight is 486 g/mol. The summed E-state index contributed by atoms with van der Waals surface area (Å²) in [5.41, 5.74) is 2.21. The van der Waals surface area contributed by atoms with E-state index in [-0.39, 0.29) is 23.9 Å². The maximum atomic E-state index is 12.2. The van der Waals surface area contributed by atoms with Crippen LogP contribution in [0.4, 0.5) is 5.69 Å². The van der Waals surface area contributed by atoms with Crippen molar-refractivity contribution in [2.24, 2.45) is 0 Å². The largest absolute Gasteiger partial charge is 0.466 e. The average Bonchev–Trinajstić information content (AvgIpc) is 2.84. The van der Waals surface area contributed by atoms with Crippen LogP contribution in [-0.2, 0) is 25.5 Å². The fraction of sp³-hybridized carbons (Fsp3) is 0.360. The van der Waals surface area contributed by atoms with Crippen LogP contribution in [0.25, 0.3) is 0 Å². The Kier molecular flexibility index (Phi) is 12.3. The molecule has 0 fully saturated rings. The number of esters is 1. The molecule has 0 saturated carbocycles. The van der Waals surface area contributed by atoms with Gasteiger partial charge in [0.2, 0.25) is 5.91 Å². The van der Waals surface area contributed by atoms with E-state index in [1.54, 1.807) is 31.4 Å². The molecule has 0 atom stereocenters. The first-order chi connectivity index (χ1) is 16.5. The molecule has 182 valence electrons. The topological polar surface area (TPSA) is 106 Å². The number of anilines is 1. The number of hydrogen-bond acceptors (Lipinski definition) is 6. The van der Waals surface area contributed by atoms with Crippen molar-refractivity contribution in [1.29, 1.82) is 0 Å². The van der Waals surface area contributed by atoms with Crippen molar-refractivity contribution < 1.29 is 23.9 Å². The third kappa shape index (κ3) is 11.0. The zero-order valence-electron chi connectivity index (χ0n) is 19.3. The van der Waals surface area contributed by atoms with E-state index in [2.05, 4.69) is 16.0 Å². The van der Waals surface area contributed by atoms with Crippen LogP contribution in [-0.4, -0.2) is 49.8 Å². The van der Waals surface area contributed by atoms with Gasteiger partial charge in [-0.15, -0.1) is 0 Å². The lowest BCUT2D eigenvalue weighted by Crippen LogP contribution is -2.34. The molecule has 0 spiro atoms. The van der Waals surface area contributed by atoms with Crippen molar-refractivity contribution >= 4 is 40.8 Å². The van der Waals surface area contributed by atoms with Gasteiger partial charge in [0.05, 0.1) is 13.0 Å². The number of benzene rings is 2. The summed E-state index contributed by atoms with van der Waals surface area (Å²) in [7, 11) is 1.61. The maximum Gasteiger partial charge on any atom is 0.306 e. The van der Waals surface area contributed by atoms with Crippen molar-refractivity contribution in [2.45, 2.75) is 32.1 Å². The van der Waals surface area contributed by atoms with Crippen LogP contribution >= 0.6 is 12.2 Å². The van der Waals surface area contributed by atoms with Crippen LogP contribution in [0, 0.1) is 0 Å². The number of aryl methyl sites for hydroxylation is 1. The van der Waals surface area contributed by atoms with E-state index in [9.17, 15) is 14.4 Å². The summed E-state index contributed by atoms with van der Waals surface area (Å²) in [6, 6.07) is 16.7. The van der Waals surface area contributed by atoms with E-state index in [1.165, 1.54) is 5.56 Å². The van der Waals surface area contributed by atoms with Gasteiger partial charge in [0.15, 0.2) is 5.11 Å². The van der Waals surface area contributed by atoms with Crippen LogP contribution in [0.15, 0.2) is 54.6 Å². The third-order valence-corrected chi connectivity index (χ3v) is 4.92. The van der Waals surface area contributed by atoms with Crippen molar-refractivity contribution in [3.05, 3.63) is 65.7 Å². The number of nitrogens with one attached hydrogen (secondary N) is 3. The molecule has 0 unspecified atom stereocenters. The van der Waals surface area contributed by atoms with Gasteiger partial charge in [-0.3, -0.25) is 14.4 Å². The lowest BCUT2D eigenvalue weighted by atomic mass is 10.1. The summed E-state index contributed by atoms with van der Waals surface area (Å²) in [6.07, 6.45) is 2.20. The fourth-order valence-corrected chi connectivity index (χ4v) is 3.24. The number of carbonyl (C=O) groups is 3.